The summed E-state index contributed by atoms with van der Waals surface area (Å²) in [5, 5.41) is 6.30. The molecular formula is C21H21F3N6O. The number of piperazine rings is 1. The van der Waals surface area contributed by atoms with Gasteiger partial charge >= 0.3 is 6.18 Å². The van der Waals surface area contributed by atoms with Crippen LogP contribution >= 0.6 is 0 Å². The lowest BCUT2D eigenvalue weighted by molar-refractivity contribution is -0.143. The Morgan fingerprint density at radius 2 is 1.71 bits per heavy atom. The number of amides is 1. The van der Waals surface area contributed by atoms with Crippen LogP contribution in [0.25, 0.3) is 5.69 Å². The first kappa shape index (κ1) is 20.9. The third-order valence-electron chi connectivity index (χ3n) is 5.12. The van der Waals surface area contributed by atoms with E-state index in [4.69, 9.17) is 0 Å². The molecule has 3 aromatic rings. The lowest BCUT2D eigenvalue weighted by Gasteiger charge is -2.33. The van der Waals surface area contributed by atoms with Crippen LogP contribution in [0.2, 0.25) is 0 Å². The summed E-state index contributed by atoms with van der Waals surface area (Å²) in [6.07, 6.45) is -2.39. The SMILES string of the molecule is CN1CCN(c2ccc(NC(=O)c3cnn(-c4ccccc4)c3C(F)(F)F)cn2)CC1. The predicted octanol–water partition coefficient (Wildman–Crippen LogP) is 3.29. The number of halogens is 3. The molecule has 0 radical (unpaired) electrons. The van der Waals surface area contributed by atoms with Gasteiger partial charge in [-0.1, -0.05) is 18.2 Å². The van der Waals surface area contributed by atoms with E-state index in [1.54, 1.807) is 30.3 Å². The molecule has 1 N–H and O–H groups in total. The number of benzene rings is 1. The molecule has 0 unspecified atom stereocenters. The number of carbonyl (C=O) groups is 1. The smallest absolute Gasteiger partial charge is 0.354 e. The third kappa shape index (κ3) is 4.53. The summed E-state index contributed by atoms with van der Waals surface area (Å²) in [4.78, 5) is 21.3. The molecule has 0 spiro atoms. The minimum atomic E-state index is -4.76. The van der Waals surface area contributed by atoms with E-state index < -0.39 is 23.3 Å². The van der Waals surface area contributed by atoms with Crippen molar-refractivity contribution in [2.24, 2.45) is 0 Å². The molecular weight excluding hydrogens is 409 g/mol. The van der Waals surface area contributed by atoms with Crippen molar-refractivity contribution in [2.45, 2.75) is 6.18 Å². The second kappa shape index (κ2) is 8.38. The average Bonchev–Trinajstić information content (AvgIpc) is 3.22. The molecule has 1 saturated heterocycles. The van der Waals surface area contributed by atoms with Crippen LogP contribution in [0.3, 0.4) is 0 Å². The van der Waals surface area contributed by atoms with Gasteiger partial charge in [-0.2, -0.15) is 18.3 Å². The fourth-order valence-corrected chi connectivity index (χ4v) is 3.43. The highest BCUT2D eigenvalue weighted by Crippen LogP contribution is 2.34. The van der Waals surface area contributed by atoms with Gasteiger partial charge in [0.1, 0.15) is 5.82 Å². The fourth-order valence-electron chi connectivity index (χ4n) is 3.43. The van der Waals surface area contributed by atoms with Gasteiger partial charge in [-0.15, -0.1) is 0 Å². The van der Waals surface area contributed by atoms with Gasteiger partial charge < -0.3 is 15.1 Å². The van der Waals surface area contributed by atoms with Gasteiger partial charge in [-0.25, -0.2) is 9.67 Å². The summed E-state index contributed by atoms with van der Waals surface area (Å²) in [5.41, 5.74) is -1.16. The molecule has 7 nitrogen and oxygen atoms in total. The number of nitrogens with zero attached hydrogens (tertiary/aromatic N) is 5. The Morgan fingerprint density at radius 1 is 1.00 bits per heavy atom. The molecule has 0 atom stereocenters. The number of pyridine rings is 1. The van der Waals surface area contributed by atoms with E-state index in [1.807, 2.05) is 0 Å². The van der Waals surface area contributed by atoms with E-state index in [2.05, 4.69) is 32.2 Å². The van der Waals surface area contributed by atoms with Gasteiger partial charge in [0.2, 0.25) is 0 Å². The zero-order valence-electron chi connectivity index (χ0n) is 16.8. The van der Waals surface area contributed by atoms with Gasteiger partial charge in [0, 0.05) is 26.2 Å². The Hall–Kier alpha value is -3.40. The highest BCUT2D eigenvalue weighted by atomic mass is 19.4. The van der Waals surface area contributed by atoms with Crippen molar-refractivity contribution in [3.63, 3.8) is 0 Å². The molecule has 0 aliphatic carbocycles. The normalized spacial score (nSPS) is 15.2. The van der Waals surface area contributed by atoms with Crippen LogP contribution in [0.4, 0.5) is 24.7 Å². The first-order valence-electron chi connectivity index (χ1n) is 9.74. The number of rotatable bonds is 4. The number of para-hydroxylation sites is 1. The second-order valence-corrected chi connectivity index (χ2v) is 7.30. The van der Waals surface area contributed by atoms with Crippen LogP contribution in [-0.4, -0.2) is 58.8 Å². The number of carbonyl (C=O) groups excluding carboxylic acids is 1. The summed E-state index contributed by atoms with van der Waals surface area (Å²) in [6.45, 7) is 3.52. The highest BCUT2D eigenvalue weighted by molar-refractivity contribution is 6.05. The third-order valence-corrected chi connectivity index (χ3v) is 5.12. The lowest BCUT2D eigenvalue weighted by atomic mass is 10.2. The van der Waals surface area contributed by atoms with Gasteiger partial charge in [-0.05, 0) is 31.3 Å². The van der Waals surface area contributed by atoms with Gasteiger partial charge in [0.15, 0.2) is 5.69 Å². The molecule has 1 aliphatic rings. The largest absolute Gasteiger partial charge is 0.434 e. The minimum Gasteiger partial charge on any atom is -0.354 e. The van der Waals surface area contributed by atoms with E-state index in [9.17, 15) is 18.0 Å². The summed E-state index contributed by atoms with van der Waals surface area (Å²) in [7, 11) is 2.05. The molecule has 1 amide bonds. The number of hydrogen-bond acceptors (Lipinski definition) is 5. The average molecular weight is 430 g/mol. The van der Waals surface area contributed by atoms with E-state index in [0.717, 1.165) is 42.9 Å². The van der Waals surface area contributed by atoms with Gasteiger partial charge in [0.25, 0.3) is 5.91 Å². The Balaban J connectivity index is 1.54. The molecule has 10 heteroatoms. The van der Waals surface area contributed by atoms with Crippen molar-refractivity contribution in [1.82, 2.24) is 19.7 Å². The zero-order valence-corrected chi connectivity index (χ0v) is 16.8. The van der Waals surface area contributed by atoms with Crippen molar-refractivity contribution in [2.75, 3.05) is 43.4 Å². The van der Waals surface area contributed by atoms with Crippen molar-refractivity contribution in [1.29, 1.82) is 0 Å². The van der Waals surface area contributed by atoms with Crippen LogP contribution in [0, 0.1) is 0 Å². The summed E-state index contributed by atoms with van der Waals surface area (Å²) < 4.78 is 42.0. The first-order valence-corrected chi connectivity index (χ1v) is 9.74. The molecule has 31 heavy (non-hydrogen) atoms. The fraction of sp³-hybridized carbons (Fsp3) is 0.286. The first-order chi connectivity index (χ1) is 14.8. The summed E-state index contributed by atoms with van der Waals surface area (Å²) in [5.74, 6) is -0.136. The van der Waals surface area contributed by atoms with Crippen molar-refractivity contribution < 1.29 is 18.0 Å². The number of nitrogens with one attached hydrogen (secondary N) is 1. The molecule has 1 aromatic carbocycles. The number of alkyl halides is 3. The second-order valence-electron chi connectivity index (χ2n) is 7.30. The Morgan fingerprint density at radius 3 is 2.32 bits per heavy atom. The molecule has 1 fully saturated rings. The maximum Gasteiger partial charge on any atom is 0.434 e. The lowest BCUT2D eigenvalue weighted by Crippen LogP contribution is -2.44. The van der Waals surface area contributed by atoms with E-state index in [0.29, 0.717) is 5.69 Å². The Labute approximate surface area is 177 Å². The maximum atomic E-state index is 13.8. The van der Waals surface area contributed by atoms with Crippen molar-refractivity contribution in [3.8, 4) is 5.69 Å². The van der Waals surface area contributed by atoms with E-state index >= 15 is 0 Å². The van der Waals surface area contributed by atoms with E-state index in [1.165, 1.54) is 18.3 Å². The molecule has 162 valence electrons. The van der Waals surface area contributed by atoms with Crippen molar-refractivity contribution >= 4 is 17.4 Å². The summed E-state index contributed by atoms with van der Waals surface area (Å²) in [6, 6.07) is 11.3. The van der Waals surface area contributed by atoms with Gasteiger partial charge in [-0.3, -0.25) is 4.79 Å². The zero-order chi connectivity index (χ0) is 22.0. The molecule has 1 aliphatic heterocycles. The quantitative estimate of drug-likeness (QED) is 0.688. The number of likely N-dealkylation sites (N-methyl/N-ethyl adjacent to an activating group) is 1. The Bertz CT molecular complexity index is 1040. The topological polar surface area (TPSA) is 66.3 Å². The highest BCUT2D eigenvalue weighted by Gasteiger charge is 2.40. The number of aromatic nitrogens is 3. The summed E-state index contributed by atoms with van der Waals surface area (Å²) >= 11 is 0. The maximum absolute atomic E-state index is 13.8. The van der Waals surface area contributed by atoms with Gasteiger partial charge in [0.05, 0.1) is 29.3 Å². The van der Waals surface area contributed by atoms with Crippen LogP contribution in [0.1, 0.15) is 16.1 Å². The molecule has 0 bridgehead atoms. The van der Waals surface area contributed by atoms with Crippen LogP contribution in [0.5, 0.6) is 0 Å². The molecule has 0 saturated carbocycles. The Kier molecular flexibility index (Phi) is 5.64. The van der Waals surface area contributed by atoms with Crippen LogP contribution in [0.15, 0.2) is 54.9 Å². The number of hydrogen-bond donors (Lipinski definition) is 1. The van der Waals surface area contributed by atoms with Crippen LogP contribution < -0.4 is 10.2 Å². The monoisotopic (exact) mass is 430 g/mol. The minimum absolute atomic E-state index is 0.215. The van der Waals surface area contributed by atoms with Crippen molar-refractivity contribution in [3.05, 3.63) is 66.1 Å². The van der Waals surface area contributed by atoms with Crippen LogP contribution in [-0.2, 0) is 6.18 Å². The van der Waals surface area contributed by atoms with E-state index in [-0.39, 0.29) is 5.69 Å². The number of anilines is 2. The molecule has 4 rings (SSSR count). The molecule has 3 heterocycles. The standard InChI is InChI=1S/C21H21F3N6O/c1-28-9-11-29(12-10-28)18-8-7-15(13-25-18)27-20(31)17-14-26-30(19(17)21(22,23)24)16-5-3-2-4-6-16/h2-8,13-14H,9-12H2,1H3,(H,27,31). The predicted molar refractivity (Wildman–Crippen MR) is 110 cm³/mol. The molecule has 2 aromatic heterocycles.